The lowest BCUT2D eigenvalue weighted by Gasteiger charge is -2.21. The third-order valence-electron chi connectivity index (χ3n) is 4.97. The van der Waals surface area contributed by atoms with Gasteiger partial charge in [-0.2, -0.15) is 0 Å². The van der Waals surface area contributed by atoms with Crippen LogP contribution in [-0.4, -0.2) is 26.0 Å². The highest BCUT2D eigenvalue weighted by molar-refractivity contribution is 5.85. The first kappa shape index (κ1) is 21.9. The van der Waals surface area contributed by atoms with E-state index in [9.17, 15) is 5.11 Å². The minimum atomic E-state index is -1.21. The van der Waals surface area contributed by atoms with E-state index in [1.54, 1.807) is 13.8 Å². The largest absolute Gasteiger partial charge is 0.488 e. The van der Waals surface area contributed by atoms with Gasteiger partial charge < -0.3 is 14.6 Å². The molecule has 0 aliphatic rings. The summed E-state index contributed by atoms with van der Waals surface area (Å²) in [5, 5.41) is 9.87. The molecule has 0 spiro atoms. The van der Waals surface area contributed by atoms with Crippen LogP contribution in [0, 0.1) is 6.92 Å². The SMILES string of the molecule is Cc1cc2ncn(-c3ccc(OC(C)(C)C)cc3)c2cc1-c1ccc(OC(C)(C)O)cc1. The van der Waals surface area contributed by atoms with Crippen molar-refractivity contribution in [1.82, 2.24) is 9.55 Å². The van der Waals surface area contributed by atoms with Crippen molar-refractivity contribution in [2.45, 2.75) is 52.9 Å². The smallest absolute Gasteiger partial charge is 0.202 e. The molecule has 1 aromatic heterocycles. The fourth-order valence-corrected chi connectivity index (χ4v) is 3.70. The summed E-state index contributed by atoms with van der Waals surface area (Å²) in [6.07, 6.45) is 1.85. The maximum absolute atomic E-state index is 9.87. The van der Waals surface area contributed by atoms with E-state index in [4.69, 9.17) is 9.47 Å². The van der Waals surface area contributed by atoms with Crippen molar-refractivity contribution < 1.29 is 14.6 Å². The molecule has 4 aromatic rings. The lowest BCUT2D eigenvalue weighted by Crippen LogP contribution is -2.26. The molecule has 0 saturated heterocycles. The second kappa shape index (κ2) is 7.99. The lowest BCUT2D eigenvalue weighted by atomic mass is 9.99. The van der Waals surface area contributed by atoms with Gasteiger partial charge in [-0.05, 0) is 92.9 Å². The highest BCUT2D eigenvalue weighted by atomic mass is 16.6. The fraction of sp³-hybridized carbons (Fsp3) is 0.296. The van der Waals surface area contributed by atoms with Gasteiger partial charge in [0.1, 0.15) is 23.4 Å². The zero-order valence-electron chi connectivity index (χ0n) is 19.5. The predicted octanol–water partition coefficient (Wildman–Crippen LogP) is 6.29. The number of rotatable bonds is 5. The van der Waals surface area contributed by atoms with E-state index in [1.807, 2.05) is 75.6 Å². The van der Waals surface area contributed by atoms with E-state index in [0.29, 0.717) is 5.75 Å². The molecule has 0 atom stereocenters. The van der Waals surface area contributed by atoms with E-state index in [1.165, 1.54) is 0 Å². The Labute approximate surface area is 189 Å². The molecular formula is C27H30N2O3. The molecule has 4 rings (SSSR count). The van der Waals surface area contributed by atoms with Gasteiger partial charge >= 0.3 is 0 Å². The van der Waals surface area contributed by atoms with Crippen LogP contribution in [0.15, 0.2) is 67.0 Å². The zero-order valence-corrected chi connectivity index (χ0v) is 19.5. The average molecular weight is 431 g/mol. The number of fused-ring (bicyclic) bond motifs is 1. The summed E-state index contributed by atoms with van der Waals surface area (Å²) < 4.78 is 13.6. The summed E-state index contributed by atoms with van der Waals surface area (Å²) >= 11 is 0. The molecule has 3 aromatic carbocycles. The van der Waals surface area contributed by atoms with Crippen molar-refractivity contribution in [1.29, 1.82) is 0 Å². The van der Waals surface area contributed by atoms with Crippen LogP contribution in [0.5, 0.6) is 11.5 Å². The van der Waals surface area contributed by atoms with Crippen LogP contribution in [-0.2, 0) is 0 Å². The minimum Gasteiger partial charge on any atom is -0.488 e. The Bertz CT molecular complexity index is 1230. The van der Waals surface area contributed by atoms with Gasteiger partial charge in [-0.25, -0.2) is 4.98 Å². The molecule has 0 unspecified atom stereocenters. The summed E-state index contributed by atoms with van der Waals surface area (Å²) in [5.74, 6) is 0.259. The van der Waals surface area contributed by atoms with Crippen LogP contribution in [0.25, 0.3) is 27.8 Å². The fourth-order valence-electron chi connectivity index (χ4n) is 3.70. The second-order valence-electron chi connectivity index (χ2n) is 9.55. The number of aryl methyl sites for hydroxylation is 1. The van der Waals surface area contributed by atoms with Gasteiger partial charge in [-0.3, -0.25) is 4.57 Å². The van der Waals surface area contributed by atoms with Crippen LogP contribution in [0.1, 0.15) is 40.2 Å². The minimum absolute atomic E-state index is 0.233. The molecule has 166 valence electrons. The van der Waals surface area contributed by atoms with Gasteiger partial charge in [-0.15, -0.1) is 0 Å². The van der Waals surface area contributed by atoms with Crippen LogP contribution in [0.3, 0.4) is 0 Å². The number of aliphatic hydroxyl groups is 1. The number of ether oxygens (including phenoxy) is 2. The van der Waals surface area contributed by atoms with E-state index in [2.05, 4.69) is 28.6 Å². The van der Waals surface area contributed by atoms with Crippen LogP contribution in [0.2, 0.25) is 0 Å². The molecular weight excluding hydrogens is 400 g/mol. The summed E-state index contributed by atoms with van der Waals surface area (Å²) in [5.41, 5.74) is 6.12. The predicted molar refractivity (Wildman–Crippen MR) is 129 cm³/mol. The number of benzene rings is 3. The van der Waals surface area contributed by atoms with Gasteiger partial charge in [0.25, 0.3) is 0 Å². The van der Waals surface area contributed by atoms with Crippen molar-refractivity contribution in [3.63, 3.8) is 0 Å². The first-order valence-corrected chi connectivity index (χ1v) is 10.8. The van der Waals surface area contributed by atoms with Gasteiger partial charge in [-0.1, -0.05) is 12.1 Å². The van der Waals surface area contributed by atoms with Crippen LogP contribution < -0.4 is 9.47 Å². The molecule has 1 N–H and O–H groups in total. The number of aromatic nitrogens is 2. The van der Waals surface area contributed by atoms with Crippen molar-refractivity contribution in [3.05, 3.63) is 72.6 Å². The van der Waals surface area contributed by atoms with E-state index in [0.717, 1.165) is 39.2 Å². The summed E-state index contributed by atoms with van der Waals surface area (Å²) in [7, 11) is 0. The second-order valence-corrected chi connectivity index (χ2v) is 9.55. The molecule has 0 amide bonds. The Morgan fingerprint density at radius 3 is 2.00 bits per heavy atom. The van der Waals surface area contributed by atoms with Crippen molar-refractivity contribution >= 4 is 11.0 Å². The monoisotopic (exact) mass is 430 g/mol. The maximum Gasteiger partial charge on any atom is 0.202 e. The van der Waals surface area contributed by atoms with E-state index in [-0.39, 0.29) is 5.60 Å². The molecule has 0 fully saturated rings. The van der Waals surface area contributed by atoms with Gasteiger partial charge in [0, 0.05) is 19.5 Å². The maximum atomic E-state index is 9.87. The zero-order chi connectivity index (χ0) is 23.1. The number of hydrogen-bond donors (Lipinski definition) is 1. The normalized spacial score (nSPS) is 12.2. The van der Waals surface area contributed by atoms with Crippen molar-refractivity contribution in [2.75, 3.05) is 0 Å². The Kier molecular flexibility index (Phi) is 5.47. The molecule has 0 radical (unpaired) electrons. The highest BCUT2D eigenvalue weighted by Gasteiger charge is 2.15. The molecule has 0 saturated carbocycles. The third-order valence-corrected chi connectivity index (χ3v) is 4.97. The van der Waals surface area contributed by atoms with Crippen LogP contribution >= 0.6 is 0 Å². The van der Waals surface area contributed by atoms with Gasteiger partial charge in [0.15, 0.2) is 0 Å². The van der Waals surface area contributed by atoms with Gasteiger partial charge in [0.2, 0.25) is 5.79 Å². The molecule has 0 aliphatic heterocycles. The van der Waals surface area contributed by atoms with Crippen LogP contribution in [0.4, 0.5) is 0 Å². The quantitative estimate of drug-likeness (QED) is 0.378. The molecule has 32 heavy (non-hydrogen) atoms. The number of hydrogen-bond acceptors (Lipinski definition) is 4. The summed E-state index contributed by atoms with van der Waals surface area (Å²) in [6.45, 7) is 11.4. The molecule has 5 heteroatoms. The summed E-state index contributed by atoms with van der Waals surface area (Å²) in [6, 6.07) is 20.1. The van der Waals surface area contributed by atoms with Gasteiger partial charge in [0.05, 0.1) is 11.0 Å². The van der Waals surface area contributed by atoms with E-state index < -0.39 is 5.79 Å². The third kappa shape index (κ3) is 4.94. The molecule has 5 nitrogen and oxygen atoms in total. The first-order chi connectivity index (χ1) is 15.0. The Morgan fingerprint density at radius 2 is 1.41 bits per heavy atom. The van der Waals surface area contributed by atoms with Crippen molar-refractivity contribution in [3.8, 4) is 28.3 Å². The Morgan fingerprint density at radius 1 is 0.812 bits per heavy atom. The number of nitrogens with zero attached hydrogens (tertiary/aromatic N) is 2. The topological polar surface area (TPSA) is 56.5 Å². The molecule has 0 aliphatic carbocycles. The molecule has 1 heterocycles. The summed E-state index contributed by atoms with van der Waals surface area (Å²) in [4.78, 5) is 4.61. The Balaban J connectivity index is 1.68. The molecule has 0 bridgehead atoms. The number of imidazole rings is 1. The van der Waals surface area contributed by atoms with Crippen molar-refractivity contribution in [2.24, 2.45) is 0 Å². The standard InChI is InChI=1S/C27H30N2O3/c1-18-15-24-25(16-23(18)19-7-11-22(12-8-19)32-27(5,6)30)29(17-28-24)20-9-13-21(14-10-20)31-26(2,3)4/h7-17,30H,1-6H3. The first-order valence-electron chi connectivity index (χ1n) is 10.8. The average Bonchev–Trinajstić information content (AvgIpc) is 3.09. The highest BCUT2D eigenvalue weighted by Crippen LogP contribution is 2.31. The Hall–Kier alpha value is -3.31. The lowest BCUT2D eigenvalue weighted by molar-refractivity contribution is -0.104. The van der Waals surface area contributed by atoms with E-state index >= 15 is 0 Å².